The third kappa shape index (κ3) is 4.75. The summed E-state index contributed by atoms with van der Waals surface area (Å²) in [6.45, 7) is 0.794. The summed E-state index contributed by atoms with van der Waals surface area (Å²) in [5, 5.41) is 4.02. The normalized spacial score (nSPS) is 13.0. The Kier molecular flexibility index (Phi) is 6.34. The minimum absolute atomic E-state index is 0.118. The maximum absolute atomic E-state index is 13.5. The molecule has 1 aromatic heterocycles. The Balaban J connectivity index is 1.37. The lowest BCUT2D eigenvalue weighted by Crippen LogP contribution is -2.37. The van der Waals surface area contributed by atoms with Gasteiger partial charge in [-0.1, -0.05) is 35.3 Å². The number of nitrogens with one attached hydrogen (secondary N) is 1. The molecule has 1 amide bonds. The lowest BCUT2D eigenvalue weighted by molar-refractivity contribution is 0.0726. The van der Waals surface area contributed by atoms with E-state index in [1.165, 1.54) is 24.3 Å². The molecule has 11 heteroatoms. The van der Waals surface area contributed by atoms with Crippen molar-refractivity contribution in [3.05, 3.63) is 114 Å². The number of halogens is 3. The van der Waals surface area contributed by atoms with Crippen LogP contribution in [0.3, 0.4) is 0 Å². The Bertz CT molecular complexity index is 1600. The van der Waals surface area contributed by atoms with E-state index in [1.54, 1.807) is 35.2 Å². The number of ether oxygens (including phenoxy) is 1. The molecule has 2 heterocycles. The molecule has 0 spiro atoms. The van der Waals surface area contributed by atoms with E-state index in [9.17, 15) is 18.8 Å². The van der Waals surface area contributed by atoms with Gasteiger partial charge in [0.1, 0.15) is 17.8 Å². The first kappa shape index (κ1) is 23.8. The number of carbonyl (C=O) groups is 1. The molecule has 4 aromatic rings. The van der Waals surface area contributed by atoms with Gasteiger partial charge in [0.05, 0.1) is 15.7 Å². The molecule has 0 radical (unpaired) electrons. The molecule has 1 aliphatic rings. The van der Waals surface area contributed by atoms with Crippen LogP contribution >= 0.6 is 23.2 Å². The van der Waals surface area contributed by atoms with Gasteiger partial charge in [0, 0.05) is 18.7 Å². The molecule has 3 aromatic carbocycles. The Hall–Kier alpha value is -3.95. The molecule has 0 saturated carbocycles. The number of amides is 1. The molecular formula is C25H17Cl2FN4O4. The van der Waals surface area contributed by atoms with Crippen LogP contribution in [-0.4, -0.2) is 32.1 Å². The molecule has 1 N–H and O–H groups in total. The zero-order valence-electron chi connectivity index (χ0n) is 18.5. The van der Waals surface area contributed by atoms with E-state index in [4.69, 9.17) is 27.9 Å². The van der Waals surface area contributed by atoms with Gasteiger partial charge in [-0.15, -0.1) is 0 Å². The van der Waals surface area contributed by atoms with E-state index in [2.05, 4.69) is 10.1 Å². The van der Waals surface area contributed by atoms with Gasteiger partial charge in [0.15, 0.2) is 5.75 Å². The van der Waals surface area contributed by atoms with E-state index >= 15 is 0 Å². The van der Waals surface area contributed by atoms with Crippen molar-refractivity contribution in [2.75, 3.05) is 6.54 Å². The topological polar surface area (TPSA) is 97.3 Å². The number of aromatic amines is 1. The SMILES string of the molecule is O=C1c2ccc(Oc3c(Cl)cc(-n4ncc(=O)[nH]c4=O)cc3Cl)cc2CCN1Cc1cccc(F)c1. The number of hydrogen-bond acceptors (Lipinski definition) is 5. The van der Waals surface area contributed by atoms with Crippen LogP contribution in [0.25, 0.3) is 5.69 Å². The van der Waals surface area contributed by atoms with Gasteiger partial charge < -0.3 is 9.64 Å². The van der Waals surface area contributed by atoms with E-state index in [-0.39, 0.29) is 33.2 Å². The van der Waals surface area contributed by atoms with Gasteiger partial charge in [-0.25, -0.2) is 9.18 Å². The van der Waals surface area contributed by atoms with Crippen molar-refractivity contribution in [2.45, 2.75) is 13.0 Å². The number of benzene rings is 3. The summed E-state index contributed by atoms with van der Waals surface area (Å²) in [5.74, 6) is 0.100. The fourth-order valence-electron chi connectivity index (χ4n) is 4.00. The monoisotopic (exact) mass is 526 g/mol. The quantitative estimate of drug-likeness (QED) is 0.416. The molecule has 8 nitrogen and oxygen atoms in total. The summed E-state index contributed by atoms with van der Waals surface area (Å²) in [6, 6.07) is 14.1. The van der Waals surface area contributed by atoms with Crippen molar-refractivity contribution in [2.24, 2.45) is 0 Å². The van der Waals surface area contributed by atoms with Gasteiger partial charge >= 0.3 is 5.69 Å². The highest BCUT2D eigenvalue weighted by molar-refractivity contribution is 6.37. The van der Waals surface area contributed by atoms with Crippen molar-refractivity contribution in [1.29, 1.82) is 0 Å². The average Bonchev–Trinajstić information content (AvgIpc) is 2.83. The number of hydrogen-bond donors (Lipinski definition) is 1. The summed E-state index contributed by atoms with van der Waals surface area (Å²) < 4.78 is 20.4. The van der Waals surface area contributed by atoms with Crippen LogP contribution in [0.2, 0.25) is 10.0 Å². The number of fused-ring (bicyclic) bond motifs is 1. The molecule has 0 atom stereocenters. The highest BCUT2D eigenvalue weighted by Crippen LogP contribution is 2.38. The van der Waals surface area contributed by atoms with Gasteiger partial charge in [-0.05, 0) is 60.0 Å². The summed E-state index contributed by atoms with van der Waals surface area (Å²) >= 11 is 12.8. The van der Waals surface area contributed by atoms with Gasteiger partial charge in [0.25, 0.3) is 11.5 Å². The zero-order valence-corrected chi connectivity index (χ0v) is 20.0. The van der Waals surface area contributed by atoms with Crippen LogP contribution in [0.1, 0.15) is 21.5 Å². The van der Waals surface area contributed by atoms with Crippen LogP contribution in [0.5, 0.6) is 11.5 Å². The van der Waals surface area contributed by atoms with E-state index < -0.39 is 11.2 Å². The highest BCUT2D eigenvalue weighted by atomic mass is 35.5. The third-order valence-corrected chi connectivity index (χ3v) is 6.23. The van der Waals surface area contributed by atoms with Gasteiger partial charge in [-0.3, -0.25) is 14.6 Å². The lowest BCUT2D eigenvalue weighted by atomic mass is 9.98. The van der Waals surface area contributed by atoms with E-state index in [0.717, 1.165) is 22.0 Å². The molecule has 0 aliphatic carbocycles. The fourth-order valence-corrected chi connectivity index (χ4v) is 4.56. The van der Waals surface area contributed by atoms with Crippen LogP contribution in [0.15, 0.2) is 70.4 Å². The van der Waals surface area contributed by atoms with E-state index in [0.29, 0.717) is 30.8 Å². The highest BCUT2D eigenvalue weighted by Gasteiger charge is 2.25. The second-order valence-electron chi connectivity index (χ2n) is 8.12. The summed E-state index contributed by atoms with van der Waals surface area (Å²) in [6.07, 6.45) is 1.55. The van der Waals surface area contributed by atoms with Crippen molar-refractivity contribution >= 4 is 29.1 Å². The van der Waals surface area contributed by atoms with Gasteiger partial charge in [-0.2, -0.15) is 9.78 Å². The average molecular weight is 527 g/mol. The number of nitrogens with zero attached hydrogens (tertiary/aromatic N) is 3. The van der Waals surface area contributed by atoms with E-state index in [1.807, 2.05) is 0 Å². The fraction of sp³-hybridized carbons (Fsp3) is 0.120. The predicted octanol–water partition coefficient (Wildman–Crippen LogP) is 4.36. The minimum Gasteiger partial charge on any atom is -0.454 e. The summed E-state index contributed by atoms with van der Waals surface area (Å²) in [4.78, 5) is 40.1. The Morgan fingerprint density at radius 3 is 2.53 bits per heavy atom. The maximum Gasteiger partial charge on any atom is 0.349 e. The third-order valence-electron chi connectivity index (χ3n) is 5.67. The predicted molar refractivity (Wildman–Crippen MR) is 132 cm³/mol. The number of aromatic nitrogens is 3. The maximum atomic E-state index is 13.5. The number of rotatable bonds is 5. The Morgan fingerprint density at radius 1 is 1.03 bits per heavy atom. The molecular weight excluding hydrogens is 510 g/mol. The van der Waals surface area contributed by atoms with Crippen LogP contribution in [0, 0.1) is 5.82 Å². The second kappa shape index (κ2) is 9.60. The van der Waals surface area contributed by atoms with Crippen molar-refractivity contribution in [3.8, 4) is 17.2 Å². The summed E-state index contributed by atoms with van der Waals surface area (Å²) in [7, 11) is 0. The standard InChI is InChI=1S/C25H17Cl2FN4O4/c26-20-10-17(32-25(35)30-22(33)12-29-32)11-21(27)23(20)36-18-4-5-19-15(9-18)6-7-31(24(19)34)13-14-2-1-3-16(28)8-14/h1-5,8-12H,6-7,13H2,(H,30,33,35). The first-order valence-corrected chi connectivity index (χ1v) is 11.6. The van der Waals surface area contributed by atoms with Crippen LogP contribution in [0.4, 0.5) is 4.39 Å². The second-order valence-corrected chi connectivity index (χ2v) is 8.93. The number of carbonyl (C=O) groups excluding carboxylic acids is 1. The van der Waals surface area contributed by atoms with Crippen LogP contribution < -0.4 is 16.0 Å². The van der Waals surface area contributed by atoms with Gasteiger partial charge in [0.2, 0.25) is 0 Å². The Labute approximate surface area is 213 Å². The number of H-pyrrole nitrogens is 1. The summed E-state index contributed by atoms with van der Waals surface area (Å²) in [5.41, 5.74) is 0.944. The minimum atomic E-state index is -0.742. The molecule has 1 aliphatic heterocycles. The molecule has 0 saturated heterocycles. The van der Waals surface area contributed by atoms with Crippen molar-refractivity contribution < 1.29 is 13.9 Å². The zero-order chi connectivity index (χ0) is 25.4. The largest absolute Gasteiger partial charge is 0.454 e. The molecule has 0 unspecified atom stereocenters. The first-order valence-electron chi connectivity index (χ1n) is 10.8. The first-order chi connectivity index (χ1) is 17.3. The van der Waals surface area contributed by atoms with Crippen molar-refractivity contribution in [3.63, 3.8) is 0 Å². The van der Waals surface area contributed by atoms with Crippen molar-refractivity contribution in [1.82, 2.24) is 19.7 Å². The Morgan fingerprint density at radius 2 is 1.81 bits per heavy atom. The smallest absolute Gasteiger partial charge is 0.349 e. The molecule has 0 fully saturated rings. The van der Waals surface area contributed by atoms with Crippen LogP contribution in [-0.2, 0) is 13.0 Å². The lowest BCUT2D eigenvalue weighted by Gasteiger charge is -2.29. The molecule has 182 valence electrons. The molecule has 5 rings (SSSR count). The molecule has 0 bridgehead atoms. The molecule has 36 heavy (non-hydrogen) atoms.